The van der Waals surface area contributed by atoms with Crippen LogP contribution in [-0.2, 0) is 32.6 Å². The van der Waals surface area contributed by atoms with Gasteiger partial charge in [-0.3, -0.25) is 13.9 Å². The Morgan fingerprint density at radius 3 is 2.16 bits per heavy atom. The summed E-state index contributed by atoms with van der Waals surface area (Å²) in [5.41, 5.74) is 3.31. The average Bonchev–Trinajstić information content (AvgIpc) is 2.80. The highest BCUT2D eigenvalue weighted by Gasteiger charge is 2.30. The molecule has 0 bridgehead atoms. The zero-order valence-electron chi connectivity index (χ0n) is 23.4. The molecule has 1 atom stereocenters. The lowest BCUT2D eigenvalue weighted by Gasteiger charge is -2.33. The first kappa shape index (κ1) is 30.4. The molecule has 0 spiro atoms. The minimum absolute atomic E-state index is 0.129. The predicted molar refractivity (Wildman–Crippen MR) is 151 cm³/mol. The molecule has 0 aliphatic heterocycles. The van der Waals surface area contributed by atoms with Crippen LogP contribution in [0, 0.1) is 6.92 Å². The van der Waals surface area contributed by atoms with Gasteiger partial charge in [-0.15, -0.1) is 0 Å². The van der Waals surface area contributed by atoms with E-state index in [1.807, 2.05) is 77.9 Å². The number of carbonyl (C=O) groups is 2. The molecule has 2 rings (SSSR count). The van der Waals surface area contributed by atoms with Crippen LogP contribution >= 0.6 is 0 Å². The highest BCUT2D eigenvalue weighted by atomic mass is 32.2. The number of rotatable bonds is 12. The van der Waals surface area contributed by atoms with Crippen molar-refractivity contribution in [2.45, 2.75) is 85.4 Å². The zero-order chi connectivity index (χ0) is 27.8. The Morgan fingerprint density at radius 1 is 1.00 bits per heavy atom. The third-order valence-corrected chi connectivity index (χ3v) is 7.30. The van der Waals surface area contributed by atoms with Gasteiger partial charge in [0.1, 0.15) is 6.04 Å². The highest BCUT2D eigenvalue weighted by Crippen LogP contribution is 2.21. The van der Waals surface area contributed by atoms with Crippen LogP contribution in [0.5, 0.6) is 0 Å². The predicted octanol–water partition coefficient (Wildman–Crippen LogP) is 4.83. The fourth-order valence-corrected chi connectivity index (χ4v) is 5.25. The van der Waals surface area contributed by atoms with Crippen molar-refractivity contribution in [3.05, 3.63) is 65.2 Å². The number of hydrogen-bond acceptors (Lipinski definition) is 4. The van der Waals surface area contributed by atoms with E-state index in [9.17, 15) is 18.0 Å². The molecular formula is C29H43N3O4S. The number of aryl methyl sites for hydroxylation is 2. The first-order valence-corrected chi connectivity index (χ1v) is 14.8. The van der Waals surface area contributed by atoms with Gasteiger partial charge in [0, 0.05) is 25.0 Å². The van der Waals surface area contributed by atoms with Crippen LogP contribution in [0.3, 0.4) is 0 Å². The van der Waals surface area contributed by atoms with Gasteiger partial charge in [0.25, 0.3) is 0 Å². The summed E-state index contributed by atoms with van der Waals surface area (Å²) in [4.78, 5) is 28.3. The van der Waals surface area contributed by atoms with E-state index in [0.29, 0.717) is 25.1 Å². The van der Waals surface area contributed by atoms with E-state index in [-0.39, 0.29) is 24.8 Å². The fourth-order valence-electron chi connectivity index (χ4n) is 4.28. The van der Waals surface area contributed by atoms with E-state index in [1.54, 1.807) is 17.0 Å². The summed E-state index contributed by atoms with van der Waals surface area (Å²) in [6, 6.07) is 14.7. The first-order valence-electron chi connectivity index (χ1n) is 13.0. The Balaban J connectivity index is 2.23. The molecule has 0 saturated carbocycles. The fraction of sp³-hybridized carbons (Fsp3) is 0.517. The monoisotopic (exact) mass is 529 g/mol. The van der Waals surface area contributed by atoms with Crippen LogP contribution in [0.1, 0.15) is 70.6 Å². The van der Waals surface area contributed by atoms with Crippen molar-refractivity contribution >= 4 is 27.5 Å². The molecule has 0 aromatic heterocycles. The lowest BCUT2D eigenvalue weighted by atomic mass is 10.0. The number of sulfonamides is 1. The van der Waals surface area contributed by atoms with Crippen molar-refractivity contribution in [2.75, 3.05) is 17.1 Å². The van der Waals surface area contributed by atoms with Gasteiger partial charge >= 0.3 is 0 Å². The van der Waals surface area contributed by atoms with Crippen LogP contribution in [0.15, 0.2) is 48.5 Å². The summed E-state index contributed by atoms with van der Waals surface area (Å²) in [5, 5.41) is 3.01. The summed E-state index contributed by atoms with van der Waals surface area (Å²) in [5.74, 6) is -0.364. The first-order chi connectivity index (χ1) is 17.2. The molecule has 8 heteroatoms. The van der Waals surface area contributed by atoms with Crippen LogP contribution < -0.4 is 9.62 Å². The second kappa shape index (κ2) is 13.1. The third kappa shape index (κ3) is 9.50. The van der Waals surface area contributed by atoms with E-state index in [1.165, 1.54) is 10.6 Å². The van der Waals surface area contributed by atoms with Gasteiger partial charge in [-0.1, -0.05) is 55.8 Å². The Bertz CT molecular complexity index is 1150. The Kier molecular flexibility index (Phi) is 10.7. The number of hydrogen-bond donors (Lipinski definition) is 1. The molecule has 0 saturated heterocycles. The van der Waals surface area contributed by atoms with Gasteiger partial charge in [0.05, 0.1) is 11.9 Å². The topological polar surface area (TPSA) is 86.8 Å². The van der Waals surface area contributed by atoms with Gasteiger partial charge in [0.2, 0.25) is 21.8 Å². The SMILES string of the molecule is CCc1ccc(N(CCCC(=O)N(Cc2cccc(C)c2)[C@H](CC)C(=O)NC(C)(C)C)S(C)(=O)=O)cc1. The van der Waals surface area contributed by atoms with E-state index in [2.05, 4.69) is 5.32 Å². The molecule has 2 amide bonds. The van der Waals surface area contributed by atoms with Crippen molar-refractivity contribution in [3.63, 3.8) is 0 Å². The van der Waals surface area contributed by atoms with Gasteiger partial charge in [-0.05, 0) is 70.2 Å². The molecule has 1 N–H and O–H groups in total. The summed E-state index contributed by atoms with van der Waals surface area (Å²) in [6.07, 6.45) is 2.98. The molecule has 0 aliphatic carbocycles. The number of amides is 2. The maximum atomic E-state index is 13.5. The van der Waals surface area contributed by atoms with Crippen molar-refractivity contribution in [2.24, 2.45) is 0 Å². The number of benzene rings is 2. The Labute approximate surface area is 223 Å². The van der Waals surface area contributed by atoms with Gasteiger partial charge in [-0.25, -0.2) is 8.42 Å². The average molecular weight is 530 g/mol. The summed E-state index contributed by atoms with van der Waals surface area (Å²) < 4.78 is 26.4. The molecule has 0 unspecified atom stereocenters. The van der Waals surface area contributed by atoms with Crippen LogP contribution in [0.4, 0.5) is 5.69 Å². The summed E-state index contributed by atoms with van der Waals surface area (Å²) in [7, 11) is -3.52. The molecule has 0 heterocycles. The van der Waals surface area contributed by atoms with E-state index in [4.69, 9.17) is 0 Å². The lowest BCUT2D eigenvalue weighted by molar-refractivity contribution is -0.142. The Morgan fingerprint density at radius 2 is 1.65 bits per heavy atom. The van der Waals surface area contributed by atoms with Crippen LogP contribution in [0.25, 0.3) is 0 Å². The summed E-state index contributed by atoms with van der Waals surface area (Å²) >= 11 is 0. The van der Waals surface area contributed by atoms with Crippen molar-refractivity contribution in [1.29, 1.82) is 0 Å². The van der Waals surface area contributed by atoms with E-state index >= 15 is 0 Å². The second-order valence-corrected chi connectivity index (χ2v) is 12.5. The van der Waals surface area contributed by atoms with Crippen LogP contribution in [0.2, 0.25) is 0 Å². The minimum atomic E-state index is -3.52. The number of nitrogens with zero attached hydrogens (tertiary/aromatic N) is 2. The minimum Gasteiger partial charge on any atom is -0.350 e. The van der Waals surface area contributed by atoms with E-state index in [0.717, 1.165) is 23.1 Å². The Hall–Kier alpha value is -2.87. The molecule has 0 radical (unpaired) electrons. The molecule has 0 aliphatic rings. The standard InChI is InChI=1S/C29H43N3O4S/c1-8-23-15-17-25(18-16-23)32(37(7,35)36)19-11-14-27(33)31(21-24-13-10-12-22(3)20-24)26(9-2)28(34)30-29(4,5)6/h10,12-13,15-18,20,26H,8-9,11,14,19,21H2,1-7H3,(H,30,34)/t26-/m1/s1. The maximum Gasteiger partial charge on any atom is 0.243 e. The van der Waals surface area contributed by atoms with Crippen molar-refractivity contribution < 1.29 is 18.0 Å². The molecule has 2 aromatic rings. The van der Waals surface area contributed by atoms with Crippen molar-refractivity contribution in [1.82, 2.24) is 10.2 Å². The van der Waals surface area contributed by atoms with Gasteiger partial charge in [0.15, 0.2) is 0 Å². The quantitative estimate of drug-likeness (QED) is 0.427. The molecule has 0 fully saturated rings. The highest BCUT2D eigenvalue weighted by molar-refractivity contribution is 7.92. The maximum absolute atomic E-state index is 13.5. The molecule has 37 heavy (non-hydrogen) atoms. The summed E-state index contributed by atoms with van der Waals surface area (Å²) in [6.45, 7) is 12.2. The van der Waals surface area contributed by atoms with E-state index < -0.39 is 21.6 Å². The largest absolute Gasteiger partial charge is 0.350 e. The van der Waals surface area contributed by atoms with Crippen molar-refractivity contribution in [3.8, 4) is 0 Å². The third-order valence-electron chi connectivity index (χ3n) is 6.10. The van der Waals surface area contributed by atoms with Crippen LogP contribution in [-0.4, -0.2) is 49.5 Å². The molecular weight excluding hydrogens is 486 g/mol. The number of anilines is 1. The smallest absolute Gasteiger partial charge is 0.243 e. The molecule has 2 aromatic carbocycles. The zero-order valence-corrected chi connectivity index (χ0v) is 24.2. The lowest BCUT2D eigenvalue weighted by Crippen LogP contribution is -2.53. The normalized spacial score (nSPS) is 12.6. The van der Waals surface area contributed by atoms with Gasteiger partial charge in [-0.2, -0.15) is 0 Å². The molecule has 204 valence electrons. The number of nitrogens with one attached hydrogen (secondary N) is 1. The second-order valence-electron chi connectivity index (χ2n) is 10.6. The number of carbonyl (C=O) groups excluding carboxylic acids is 2. The molecule has 7 nitrogen and oxygen atoms in total. The van der Waals surface area contributed by atoms with Gasteiger partial charge < -0.3 is 10.2 Å².